The highest BCUT2D eigenvalue weighted by molar-refractivity contribution is 5.17. The van der Waals surface area contributed by atoms with E-state index in [4.69, 9.17) is 37.9 Å². The summed E-state index contributed by atoms with van der Waals surface area (Å²) in [6, 6.07) is 49.9. The first kappa shape index (κ1) is 40.0. The van der Waals surface area contributed by atoms with Crippen LogP contribution in [0, 0.1) is 0 Å². The lowest BCUT2D eigenvalue weighted by molar-refractivity contribution is -0.328. The Morgan fingerprint density at radius 1 is 0.446 bits per heavy atom. The van der Waals surface area contributed by atoms with Crippen molar-refractivity contribution < 1.29 is 43.0 Å². The zero-order valence-corrected chi connectivity index (χ0v) is 31.8. The molecule has 2 heterocycles. The van der Waals surface area contributed by atoms with Crippen molar-refractivity contribution in [1.29, 1.82) is 0 Å². The molecule has 1 N–H and O–H groups in total. The summed E-state index contributed by atoms with van der Waals surface area (Å²) in [6.07, 6.45) is -5.43. The van der Waals surface area contributed by atoms with Gasteiger partial charge < -0.3 is 43.0 Å². The third-order valence-electron chi connectivity index (χ3n) is 10.1. The molecule has 0 radical (unpaired) electrons. The smallest absolute Gasteiger partial charge is 0.184 e. The zero-order valence-electron chi connectivity index (χ0n) is 31.8. The van der Waals surface area contributed by atoms with E-state index in [-0.39, 0.29) is 38.1 Å². The van der Waals surface area contributed by atoms with E-state index < -0.39 is 37.0 Å². The molecule has 7 rings (SSSR count). The molecular formula is C47H52O9. The van der Waals surface area contributed by atoms with Crippen molar-refractivity contribution in [3.8, 4) is 0 Å². The van der Waals surface area contributed by atoms with Crippen LogP contribution in [0.4, 0.5) is 0 Å². The van der Waals surface area contributed by atoms with Crippen molar-refractivity contribution in [2.75, 3.05) is 6.61 Å². The van der Waals surface area contributed by atoms with Gasteiger partial charge in [0.25, 0.3) is 0 Å². The molecule has 0 amide bonds. The van der Waals surface area contributed by atoms with Gasteiger partial charge in [0.2, 0.25) is 0 Å². The average Bonchev–Trinajstić information content (AvgIpc) is 3.24. The maximum Gasteiger partial charge on any atom is 0.184 e. The number of aliphatic hydroxyl groups excluding tert-OH is 1. The van der Waals surface area contributed by atoms with Crippen molar-refractivity contribution in [3.05, 3.63) is 179 Å². The van der Waals surface area contributed by atoms with Gasteiger partial charge in [-0.2, -0.15) is 0 Å². The van der Waals surface area contributed by atoms with Crippen molar-refractivity contribution in [1.82, 2.24) is 0 Å². The molecule has 56 heavy (non-hydrogen) atoms. The lowest BCUT2D eigenvalue weighted by Crippen LogP contribution is -2.61. The molecule has 2 saturated heterocycles. The van der Waals surface area contributed by atoms with E-state index in [0.29, 0.717) is 26.2 Å². The highest BCUT2D eigenvalue weighted by atomic mass is 16.7. The summed E-state index contributed by atoms with van der Waals surface area (Å²) in [4.78, 5) is 0. The Balaban J connectivity index is 1.08. The van der Waals surface area contributed by atoms with Gasteiger partial charge in [-0.05, 0) is 34.7 Å². The quantitative estimate of drug-likeness (QED) is 0.0962. The molecule has 5 aromatic carbocycles. The fourth-order valence-corrected chi connectivity index (χ4v) is 7.16. The van der Waals surface area contributed by atoms with E-state index in [1.54, 1.807) is 0 Å². The Morgan fingerprint density at radius 3 is 1.27 bits per heavy atom. The van der Waals surface area contributed by atoms with Crippen molar-refractivity contribution in [2.24, 2.45) is 0 Å². The van der Waals surface area contributed by atoms with E-state index in [0.717, 1.165) is 27.8 Å². The summed E-state index contributed by atoms with van der Waals surface area (Å²) in [5, 5.41) is 11.6. The minimum Gasteiger partial charge on any atom is -0.371 e. The molecule has 2 aliphatic rings. The van der Waals surface area contributed by atoms with E-state index in [1.807, 2.05) is 159 Å². The predicted molar refractivity (Wildman–Crippen MR) is 211 cm³/mol. The van der Waals surface area contributed by atoms with E-state index in [2.05, 4.69) is 0 Å². The standard InChI is InChI=1S/C47H52O9/c1-34-43(51-29-36-19-9-3-10-20-36)40(49-28-35-17-7-2-8-18-35)27-42(55-34)50-33-41-44(52-30-37-21-11-4-12-22-37)45(53-31-38-23-13-5-14-24-38)46(47(48)56-41)54-32-39-25-15-6-16-26-39/h2-26,34,40-48H,27-33H2,1H3/t34-,40+,41-,42+,43-,44-,45+,46-,47+/m1/s1. The second kappa shape index (κ2) is 20.8. The number of benzene rings is 5. The Morgan fingerprint density at radius 2 is 0.821 bits per heavy atom. The van der Waals surface area contributed by atoms with Gasteiger partial charge in [0.15, 0.2) is 12.6 Å². The number of aliphatic hydroxyl groups is 1. The second-order valence-electron chi connectivity index (χ2n) is 14.3. The Bertz CT molecular complexity index is 1820. The molecule has 9 atom stereocenters. The predicted octanol–water partition coefficient (Wildman–Crippen LogP) is 7.78. The first-order valence-electron chi connectivity index (χ1n) is 19.5. The lowest BCUT2D eigenvalue weighted by Gasteiger charge is -2.45. The van der Waals surface area contributed by atoms with Gasteiger partial charge in [-0.1, -0.05) is 152 Å². The molecule has 0 spiro atoms. The van der Waals surface area contributed by atoms with Gasteiger partial charge in [0, 0.05) is 6.42 Å². The molecule has 9 nitrogen and oxygen atoms in total. The minimum atomic E-state index is -1.31. The molecular weight excluding hydrogens is 709 g/mol. The van der Waals surface area contributed by atoms with Gasteiger partial charge >= 0.3 is 0 Å². The molecule has 0 unspecified atom stereocenters. The summed E-state index contributed by atoms with van der Waals surface area (Å²) in [6.45, 7) is 3.75. The van der Waals surface area contributed by atoms with E-state index >= 15 is 0 Å². The number of hydrogen-bond donors (Lipinski definition) is 1. The Kier molecular flexibility index (Phi) is 14.8. The van der Waals surface area contributed by atoms with Crippen LogP contribution in [0.25, 0.3) is 0 Å². The zero-order chi connectivity index (χ0) is 38.4. The summed E-state index contributed by atoms with van der Waals surface area (Å²) in [5.74, 6) is 0. The van der Waals surface area contributed by atoms with E-state index in [9.17, 15) is 5.11 Å². The molecule has 0 bridgehead atoms. The third-order valence-corrected chi connectivity index (χ3v) is 10.1. The number of hydrogen-bond acceptors (Lipinski definition) is 9. The molecule has 2 fully saturated rings. The van der Waals surface area contributed by atoms with Gasteiger partial charge in [-0.25, -0.2) is 0 Å². The summed E-state index contributed by atoms with van der Waals surface area (Å²) >= 11 is 0. The highest BCUT2D eigenvalue weighted by Crippen LogP contribution is 2.32. The summed E-state index contributed by atoms with van der Waals surface area (Å²) in [5.41, 5.74) is 5.09. The Labute approximate surface area is 330 Å². The van der Waals surface area contributed by atoms with Crippen LogP contribution >= 0.6 is 0 Å². The highest BCUT2D eigenvalue weighted by Gasteiger charge is 2.49. The number of rotatable bonds is 18. The lowest BCUT2D eigenvalue weighted by atomic mass is 9.97. The van der Waals surface area contributed by atoms with Crippen molar-refractivity contribution in [2.45, 2.75) is 102 Å². The first-order chi connectivity index (χ1) is 27.6. The normalized spacial score (nSPS) is 26.5. The topological polar surface area (TPSA) is 94.1 Å². The van der Waals surface area contributed by atoms with Crippen LogP contribution in [0.5, 0.6) is 0 Å². The SMILES string of the molecule is C[C@H]1O[C@H](OC[C@H]2O[C@H](O)[C@H](OCc3ccccc3)[C@@H](OCc3ccccc3)[C@@H]2OCc2ccccc2)C[C@H](OCc2ccccc2)[C@@H]1OCc1ccccc1. The monoisotopic (exact) mass is 760 g/mol. The van der Waals surface area contributed by atoms with Gasteiger partial charge in [-0.15, -0.1) is 0 Å². The third kappa shape index (κ3) is 11.4. The maximum absolute atomic E-state index is 11.6. The molecule has 5 aromatic rings. The molecule has 9 heteroatoms. The van der Waals surface area contributed by atoms with Crippen LogP contribution in [0.1, 0.15) is 41.2 Å². The average molecular weight is 761 g/mol. The van der Waals surface area contributed by atoms with Crippen LogP contribution in [0.3, 0.4) is 0 Å². The van der Waals surface area contributed by atoms with Gasteiger partial charge in [-0.3, -0.25) is 0 Å². The van der Waals surface area contributed by atoms with Gasteiger partial charge in [0.1, 0.15) is 30.5 Å². The first-order valence-corrected chi connectivity index (χ1v) is 19.5. The summed E-state index contributed by atoms with van der Waals surface area (Å²) in [7, 11) is 0. The molecule has 0 saturated carbocycles. The largest absolute Gasteiger partial charge is 0.371 e. The number of ether oxygens (including phenoxy) is 8. The molecule has 294 valence electrons. The van der Waals surface area contributed by atoms with E-state index in [1.165, 1.54) is 0 Å². The van der Waals surface area contributed by atoms with Crippen LogP contribution in [-0.4, -0.2) is 67.0 Å². The second-order valence-corrected chi connectivity index (χ2v) is 14.3. The van der Waals surface area contributed by atoms with Crippen molar-refractivity contribution in [3.63, 3.8) is 0 Å². The molecule has 2 aliphatic heterocycles. The van der Waals surface area contributed by atoms with Crippen LogP contribution in [0.15, 0.2) is 152 Å². The van der Waals surface area contributed by atoms with Crippen LogP contribution in [-0.2, 0) is 70.9 Å². The molecule has 0 aliphatic carbocycles. The fourth-order valence-electron chi connectivity index (χ4n) is 7.16. The summed E-state index contributed by atoms with van der Waals surface area (Å²) < 4.78 is 52.0. The molecule has 0 aromatic heterocycles. The Hall–Kier alpha value is -4.26. The van der Waals surface area contributed by atoms with Crippen LogP contribution in [0.2, 0.25) is 0 Å². The van der Waals surface area contributed by atoms with Gasteiger partial charge in [0.05, 0.1) is 51.8 Å². The van der Waals surface area contributed by atoms with Crippen LogP contribution < -0.4 is 0 Å². The minimum absolute atomic E-state index is 0.0610. The maximum atomic E-state index is 11.6. The van der Waals surface area contributed by atoms with Crippen molar-refractivity contribution >= 4 is 0 Å². The fraction of sp³-hybridized carbons (Fsp3) is 0.362.